The second-order valence-corrected chi connectivity index (χ2v) is 4.45. The van der Waals surface area contributed by atoms with Crippen LogP contribution in [-0.2, 0) is 0 Å². The van der Waals surface area contributed by atoms with Crippen molar-refractivity contribution in [3.05, 3.63) is 23.4 Å². The molecule has 0 amide bonds. The second kappa shape index (κ2) is 5.34. The van der Waals surface area contributed by atoms with Crippen LogP contribution >= 0.6 is 0 Å². The highest BCUT2D eigenvalue weighted by Gasteiger charge is 2.14. The summed E-state index contributed by atoms with van der Waals surface area (Å²) in [6.45, 7) is 7.03. The number of hydrogen-bond donors (Lipinski definition) is 1. The van der Waals surface area contributed by atoms with Gasteiger partial charge in [-0.05, 0) is 32.4 Å². The molecule has 0 unspecified atom stereocenters. The van der Waals surface area contributed by atoms with E-state index in [9.17, 15) is 0 Å². The predicted octanol–water partition coefficient (Wildman–Crippen LogP) is 3.30. The van der Waals surface area contributed by atoms with E-state index >= 15 is 0 Å². The lowest BCUT2D eigenvalue weighted by Crippen LogP contribution is -2.04. The van der Waals surface area contributed by atoms with Gasteiger partial charge in [0, 0.05) is 29.4 Å². The van der Waals surface area contributed by atoms with E-state index in [-0.39, 0.29) is 0 Å². The highest BCUT2D eigenvalue weighted by atomic mass is 16.5. The van der Waals surface area contributed by atoms with Gasteiger partial charge < -0.3 is 14.8 Å². The monoisotopic (exact) mass is 260 g/mol. The molecule has 1 heterocycles. The molecule has 0 radical (unpaired) electrons. The smallest absolute Gasteiger partial charge is 0.148 e. The average molecular weight is 260 g/mol. The molecule has 0 atom stereocenters. The van der Waals surface area contributed by atoms with Gasteiger partial charge in [-0.2, -0.15) is 0 Å². The Morgan fingerprint density at radius 2 is 1.89 bits per heavy atom. The topological polar surface area (TPSA) is 43.4 Å². The molecule has 1 N–H and O–H groups in total. The van der Waals surface area contributed by atoms with Crippen LogP contribution in [0.15, 0.2) is 12.1 Å². The molecule has 0 saturated heterocycles. The molecule has 4 nitrogen and oxygen atoms in total. The van der Waals surface area contributed by atoms with Crippen LogP contribution in [0.5, 0.6) is 11.5 Å². The van der Waals surface area contributed by atoms with Crippen LogP contribution < -0.4 is 14.8 Å². The van der Waals surface area contributed by atoms with Gasteiger partial charge in [-0.1, -0.05) is 0 Å². The highest BCUT2D eigenvalue weighted by molar-refractivity contribution is 5.97. The van der Waals surface area contributed by atoms with E-state index in [1.165, 1.54) is 0 Å². The second-order valence-electron chi connectivity index (χ2n) is 4.45. The predicted molar refractivity (Wildman–Crippen MR) is 78.5 cm³/mol. The highest BCUT2D eigenvalue weighted by Crippen LogP contribution is 2.36. The summed E-state index contributed by atoms with van der Waals surface area (Å²) < 4.78 is 10.8. The van der Waals surface area contributed by atoms with E-state index in [0.717, 1.165) is 45.9 Å². The number of methoxy groups -OCH3 is 2. The van der Waals surface area contributed by atoms with Gasteiger partial charge >= 0.3 is 0 Å². The standard InChI is InChI=1S/C15H20N2O2/c1-6-16-14-9(2)10(3)17-15-12(14)7-11(18-4)8-13(15)19-5/h7-8H,6H2,1-5H3,(H,16,17). The van der Waals surface area contributed by atoms with Gasteiger partial charge in [0.05, 0.1) is 14.2 Å². The molecule has 1 aromatic carbocycles. The summed E-state index contributed by atoms with van der Waals surface area (Å²) in [6.07, 6.45) is 0. The molecule has 4 heteroatoms. The molecule has 0 aliphatic carbocycles. The first-order valence-corrected chi connectivity index (χ1v) is 6.39. The molecular weight excluding hydrogens is 240 g/mol. The summed E-state index contributed by atoms with van der Waals surface area (Å²) >= 11 is 0. The van der Waals surface area contributed by atoms with E-state index < -0.39 is 0 Å². The number of aromatic nitrogens is 1. The lowest BCUT2D eigenvalue weighted by Gasteiger charge is -2.16. The number of nitrogens with one attached hydrogen (secondary N) is 1. The van der Waals surface area contributed by atoms with Crippen LogP contribution in [0, 0.1) is 13.8 Å². The zero-order valence-electron chi connectivity index (χ0n) is 12.1. The summed E-state index contributed by atoms with van der Waals surface area (Å²) in [5, 5.41) is 4.44. The Morgan fingerprint density at radius 1 is 1.16 bits per heavy atom. The van der Waals surface area contributed by atoms with Gasteiger partial charge in [0.15, 0.2) is 0 Å². The number of rotatable bonds is 4. The third-order valence-electron chi connectivity index (χ3n) is 3.32. The van der Waals surface area contributed by atoms with Crippen LogP contribution in [-0.4, -0.2) is 25.7 Å². The van der Waals surface area contributed by atoms with Gasteiger partial charge in [-0.25, -0.2) is 4.98 Å². The molecule has 0 aliphatic heterocycles. The van der Waals surface area contributed by atoms with Crippen molar-refractivity contribution in [3.8, 4) is 11.5 Å². The van der Waals surface area contributed by atoms with Crippen molar-refractivity contribution >= 4 is 16.6 Å². The maximum Gasteiger partial charge on any atom is 0.148 e. The minimum atomic E-state index is 0.733. The summed E-state index contributed by atoms with van der Waals surface area (Å²) in [7, 11) is 3.31. The van der Waals surface area contributed by atoms with Crippen molar-refractivity contribution in [1.82, 2.24) is 4.98 Å². The summed E-state index contributed by atoms with van der Waals surface area (Å²) in [5.74, 6) is 1.50. The van der Waals surface area contributed by atoms with E-state index in [0.29, 0.717) is 0 Å². The molecule has 19 heavy (non-hydrogen) atoms. The number of ether oxygens (including phenoxy) is 2. The molecule has 1 aromatic heterocycles. The lowest BCUT2D eigenvalue weighted by atomic mass is 10.1. The molecule has 0 aliphatic rings. The number of pyridine rings is 1. The zero-order chi connectivity index (χ0) is 14.0. The van der Waals surface area contributed by atoms with Crippen molar-refractivity contribution in [1.29, 1.82) is 0 Å². The Bertz CT molecular complexity index is 609. The Labute approximate surface area is 113 Å². The maximum atomic E-state index is 5.43. The number of anilines is 1. The van der Waals surface area contributed by atoms with E-state index in [2.05, 4.69) is 24.1 Å². The third kappa shape index (κ3) is 2.30. The first kappa shape index (κ1) is 13.5. The maximum absolute atomic E-state index is 5.43. The quantitative estimate of drug-likeness (QED) is 0.916. The summed E-state index contributed by atoms with van der Waals surface area (Å²) in [6, 6.07) is 3.86. The van der Waals surface area contributed by atoms with Crippen molar-refractivity contribution in [2.45, 2.75) is 20.8 Å². The fraction of sp³-hybridized carbons (Fsp3) is 0.400. The van der Waals surface area contributed by atoms with Gasteiger partial charge in [-0.3, -0.25) is 0 Å². The van der Waals surface area contributed by atoms with Crippen molar-refractivity contribution in [3.63, 3.8) is 0 Å². The van der Waals surface area contributed by atoms with E-state index in [4.69, 9.17) is 9.47 Å². The van der Waals surface area contributed by atoms with Crippen molar-refractivity contribution < 1.29 is 9.47 Å². The SMILES string of the molecule is CCNc1c(C)c(C)nc2c(OC)cc(OC)cc12. The molecule has 2 aromatic rings. The van der Waals surface area contributed by atoms with Crippen molar-refractivity contribution in [2.24, 2.45) is 0 Å². The van der Waals surface area contributed by atoms with Crippen LogP contribution in [0.4, 0.5) is 5.69 Å². The first-order valence-electron chi connectivity index (χ1n) is 6.39. The van der Waals surface area contributed by atoms with Crippen LogP contribution in [0.2, 0.25) is 0 Å². The minimum Gasteiger partial charge on any atom is -0.497 e. The molecule has 102 valence electrons. The zero-order valence-corrected chi connectivity index (χ0v) is 12.1. The number of benzene rings is 1. The first-order chi connectivity index (χ1) is 9.12. The number of aryl methyl sites for hydroxylation is 1. The normalized spacial score (nSPS) is 10.6. The molecule has 2 rings (SSSR count). The molecule has 0 fully saturated rings. The molecule has 0 spiro atoms. The fourth-order valence-corrected chi connectivity index (χ4v) is 2.20. The number of fused-ring (bicyclic) bond motifs is 1. The van der Waals surface area contributed by atoms with Gasteiger partial charge in [-0.15, -0.1) is 0 Å². The van der Waals surface area contributed by atoms with E-state index in [1.807, 2.05) is 19.1 Å². The molecule has 0 bridgehead atoms. The Balaban J connectivity index is 2.85. The van der Waals surface area contributed by atoms with Gasteiger partial charge in [0.1, 0.15) is 17.0 Å². The largest absolute Gasteiger partial charge is 0.497 e. The summed E-state index contributed by atoms with van der Waals surface area (Å²) in [5.41, 5.74) is 4.13. The number of hydrogen-bond acceptors (Lipinski definition) is 4. The van der Waals surface area contributed by atoms with Crippen LogP contribution in [0.25, 0.3) is 10.9 Å². The minimum absolute atomic E-state index is 0.733. The van der Waals surface area contributed by atoms with Crippen LogP contribution in [0.1, 0.15) is 18.2 Å². The molecular formula is C15H20N2O2. The van der Waals surface area contributed by atoms with Crippen LogP contribution in [0.3, 0.4) is 0 Å². The Kier molecular flexibility index (Phi) is 3.79. The molecule has 0 saturated carbocycles. The fourth-order valence-electron chi connectivity index (χ4n) is 2.20. The lowest BCUT2D eigenvalue weighted by molar-refractivity contribution is 0.397. The van der Waals surface area contributed by atoms with Gasteiger partial charge in [0.25, 0.3) is 0 Å². The van der Waals surface area contributed by atoms with Crippen molar-refractivity contribution in [2.75, 3.05) is 26.1 Å². The van der Waals surface area contributed by atoms with Gasteiger partial charge in [0.2, 0.25) is 0 Å². The average Bonchev–Trinajstić information content (AvgIpc) is 2.43. The third-order valence-corrected chi connectivity index (χ3v) is 3.32. The van der Waals surface area contributed by atoms with E-state index in [1.54, 1.807) is 14.2 Å². The number of nitrogens with zero attached hydrogens (tertiary/aromatic N) is 1. The Morgan fingerprint density at radius 3 is 2.47 bits per heavy atom. The Hall–Kier alpha value is -1.97. The summed E-state index contributed by atoms with van der Waals surface area (Å²) in [4.78, 5) is 4.64.